The van der Waals surface area contributed by atoms with Gasteiger partial charge in [-0.05, 0) is 41.5 Å². The zero-order valence-corrected chi connectivity index (χ0v) is 16.0. The van der Waals surface area contributed by atoms with Crippen molar-refractivity contribution in [3.05, 3.63) is 95.6 Å². The predicted octanol–water partition coefficient (Wildman–Crippen LogP) is 5.49. The normalized spacial score (nSPS) is 11.2. The van der Waals surface area contributed by atoms with Crippen molar-refractivity contribution in [3.8, 4) is 11.5 Å². The number of amides is 1. The van der Waals surface area contributed by atoms with Gasteiger partial charge < -0.3 is 14.8 Å². The summed E-state index contributed by atoms with van der Waals surface area (Å²) in [5.41, 5.74) is 1.90. The van der Waals surface area contributed by atoms with E-state index >= 15 is 0 Å². The van der Waals surface area contributed by atoms with Gasteiger partial charge in [0.25, 0.3) is 5.91 Å². The zero-order valence-electron chi connectivity index (χ0n) is 16.0. The Hall–Kier alpha value is -3.32. The number of alkyl halides is 3. The second-order valence-electron chi connectivity index (χ2n) is 6.55. The van der Waals surface area contributed by atoms with Gasteiger partial charge in [0, 0.05) is 12.1 Å². The largest absolute Gasteiger partial charge is 0.457 e. The number of carbonyl (C=O) groups is 1. The molecule has 0 heterocycles. The number of carbonyl (C=O) groups excluding carboxylic acids is 1. The van der Waals surface area contributed by atoms with Crippen molar-refractivity contribution < 1.29 is 27.4 Å². The molecule has 0 unspecified atom stereocenters. The van der Waals surface area contributed by atoms with Gasteiger partial charge in [0.15, 0.2) is 0 Å². The number of hydrogen-bond acceptors (Lipinski definition) is 3. The molecule has 0 aliphatic carbocycles. The molecular formula is C23H20F3NO3. The van der Waals surface area contributed by atoms with Crippen LogP contribution in [0.25, 0.3) is 0 Å². The second-order valence-corrected chi connectivity index (χ2v) is 6.55. The zero-order chi connectivity index (χ0) is 21.4. The number of rotatable bonds is 8. The lowest BCUT2D eigenvalue weighted by Gasteiger charge is -2.10. The first kappa shape index (κ1) is 21.4. The summed E-state index contributed by atoms with van der Waals surface area (Å²) in [5.74, 6) is 0.970. The third-order valence-electron chi connectivity index (χ3n) is 4.09. The van der Waals surface area contributed by atoms with Gasteiger partial charge in [0.2, 0.25) is 0 Å². The summed E-state index contributed by atoms with van der Waals surface area (Å²) in [4.78, 5) is 12.4. The Bertz CT molecular complexity index is 957. The predicted molar refractivity (Wildman–Crippen MR) is 106 cm³/mol. The van der Waals surface area contributed by atoms with Crippen LogP contribution >= 0.6 is 0 Å². The fourth-order valence-electron chi connectivity index (χ4n) is 2.65. The molecule has 0 aliphatic heterocycles. The molecule has 0 saturated carbocycles. The molecule has 1 amide bonds. The number of halogens is 3. The summed E-state index contributed by atoms with van der Waals surface area (Å²) in [5, 5.41) is 2.81. The first-order valence-electron chi connectivity index (χ1n) is 9.22. The molecule has 0 bridgehead atoms. The molecule has 0 spiro atoms. The Kier molecular flexibility index (Phi) is 7.08. The number of benzene rings is 3. The van der Waals surface area contributed by atoms with E-state index in [0.717, 1.165) is 5.56 Å². The molecule has 0 atom stereocenters. The van der Waals surface area contributed by atoms with Gasteiger partial charge in [-0.3, -0.25) is 4.79 Å². The topological polar surface area (TPSA) is 47.6 Å². The van der Waals surface area contributed by atoms with Crippen molar-refractivity contribution >= 4 is 5.91 Å². The summed E-state index contributed by atoms with van der Waals surface area (Å²) < 4.78 is 46.7. The minimum absolute atomic E-state index is 0.125. The first-order chi connectivity index (χ1) is 14.4. The van der Waals surface area contributed by atoms with Crippen LogP contribution in [0.4, 0.5) is 13.2 Å². The lowest BCUT2D eigenvalue weighted by molar-refractivity contribution is -0.176. The lowest BCUT2D eigenvalue weighted by atomic mass is 10.1. The highest BCUT2D eigenvalue weighted by Gasteiger charge is 2.27. The van der Waals surface area contributed by atoms with Crippen molar-refractivity contribution in [2.75, 3.05) is 6.61 Å². The SMILES string of the molecule is O=C(NCc1ccc(COCC(F)(F)F)cc1)c1cccc(Oc2ccccc2)c1. The third-order valence-corrected chi connectivity index (χ3v) is 4.09. The van der Waals surface area contributed by atoms with Crippen molar-refractivity contribution in [2.45, 2.75) is 19.3 Å². The highest BCUT2D eigenvalue weighted by molar-refractivity contribution is 5.94. The maximum Gasteiger partial charge on any atom is 0.411 e. The van der Waals surface area contributed by atoms with Gasteiger partial charge in [0.05, 0.1) is 6.61 Å². The van der Waals surface area contributed by atoms with Gasteiger partial charge in [-0.15, -0.1) is 0 Å². The van der Waals surface area contributed by atoms with E-state index in [4.69, 9.17) is 4.74 Å². The van der Waals surface area contributed by atoms with Crippen molar-refractivity contribution in [3.63, 3.8) is 0 Å². The summed E-state index contributed by atoms with van der Waals surface area (Å²) in [6.45, 7) is -1.12. The van der Waals surface area contributed by atoms with Crippen LogP contribution in [0.5, 0.6) is 11.5 Å². The molecule has 4 nitrogen and oxygen atoms in total. The van der Waals surface area contributed by atoms with E-state index in [1.807, 2.05) is 30.3 Å². The van der Waals surface area contributed by atoms with Crippen LogP contribution in [0.3, 0.4) is 0 Å². The molecule has 3 rings (SSSR count). The van der Waals surface area contributed by atoms with E-state index in [0.29, 0.717) is 22.6 Å². The number of para-hydroxylation sites is 1. The Balaban J connectivity index is 1.51. The first-order valence-corrected chi connectivity index (χ1v) is 9.22. The maximum absolute atomic E-state index is 12.4. The van der Waals surface area contributed by atoms with Crippen LogP contribution in [-0.2, 0) is 17.9 Å². The van der Waals surface area contributed by atoms with E-state index in [2.05, 4.69) is 10.1 Å². The van der Waals surface area contributed by atoms with E-state index in [-0.39, 0.29) is 19.1 Å². The number of hydrogen-bond donors (Lipinski definition) is 1. The summed E-state index contributed by atoms with van der Waals surface area (Å²) in [6.07, 6.45) is -4.34. The molecule has 3 aromatic rings. The van der Waals surface area contributed by atoms with Gasteiger partial charge in [0.1, 0.15) is 18.1 Å². The molecule has 156 valence electrons. The monoisotopic (exact) mass is 415 g/mol. The number of nitrogens with one attached hydrogen (secondary N) is 1. The smallest absolute Gasteiger partial charge is 0.411 e. The van der Waals surface area contributed by atoms with Gasteiger partial charge in [-0.25, -0.2) is 0 Å². The van der Waals surface area contributed by atoms with Gasteiger partial charge in [-0.1, -0.05) is 48.5 Å². The van der Waals surface area contributed by atoms with Crippen molar-refractivity contribution in [1.82, 2.24) is 5.32 Å². The summed E-state index contributed by atoms with van der Waals surface area (Å²) >= 11 is 0. The highest BCUT2D eigenvalue weighted by Crippen LogP contribution is 2.22. The molecule has 0 radical (unpaired) electrons. The maximum atomic E-state index is 12.4. The van der Waals surface area contributed by atoms with Crippen LogP contribution in [0.15, 0.2) is 78.9 Å². The molecule has 7 heteroatoms. The Labute approximate surface area is 172 Å². The number of ether oxygens (including phenoxy) is 2. The van der Waals surface area contributed by atoms with Crippen LogP contribution in [0, 0.1) is 0 Å². The second kappa shape index (κ2) is 9.93. The average molecular weight is 415 g/mol. The fraction of sp³-hybridized carbons (Fsp3) is 0.174. The molecule has 1 N–H and O–H groups in total. The van der Waals surface area contributed by atoms with E-state index in [9.17, 15) is 18.0 Å². The molecular weight excluding hydrogens is 395 g/mol. The lowest BCUT2D eigenvalue weighted by Crippen LogP contribution is -2.22. The molecule has 30 heavy (non-hydrogen) atoms. The molecule has 0 fully saturated rings. The van der Waals surface area contributed by atoms with Crippen LogP contribution < -0.4 is 10.1 Å². The standard InChI is InChI=1S/C23H20F3NO3/c24-23(25,26)16-29-15-18-11-9-17(10-12-18)14-27-22(28)19-5-4-8-21(13-19)30-20-6-2-1-3-7-20/h1-13H,14-16H2,(H,27,28). The van der Waals surface area contributed by atoms with Crippen LogP contribution in [0.1, 0.15) is 21.5 Å². The molecule has 3 aromatic carbocycles. The Morgan fingerprint density at radius 3 is 2.20 bits per heavy atom. The van der Waals surface area contributed by atoms with E-state index < -0.39 is 12.8 Å². The van der Waals surface area contributed by atoms with Gasteiger partial charge in [-0.2, -0.15) is 13.2 Å². The van der Waals surface area contributed by atoms with Crippen molar-refractivity contribution in [2.24, 2.45) is 0 Å². The molecule has 0 saturated heterocycles. The third kappa shape index (κ3) is 6.93. The minimum atomic E-state index is -4.34. The Morgan fingerprint density at radius 1 is 0.833 bits per heavy atom. The van der Waals surface area contributed by atoms with Gasteiger partial charge >= 0.3 is 6.18 Å². The fourth-order valence-corrected chi connectivity index (χ4v) is 2.65. The van der Waals surface area contributed by atoms with E-state index in [1.54, 1.807) is 48.5 Å². The van der Waals surface area contributed by atoms with Crippen LogP contribution in [-0.4, -0.2) is 18.7 Å². The van der Waals surface area contributed by atoms with E-state index in [1.165, 1.54) is 0 Å². The average Bonchev–Trinajstić information content (AvgIpc) is 2.73. The quantitative estimate of drug-likeness (QED) is 0.529. The molecule has 0 aromatic heterocycles. The summed E-state index contributed by atoms with van der Waals surface area (Å²) in [6, 6.07) is 22.9. The summed E-state index contributed by atoms with van der Waals surface area (Å²) in [7, 11) is 0. The van der Waals surface area contributed by atoms with Crippen LogP contribution in [0.2, 0.25) is 0 Å². The highest BCUT2D eigenvalue weighted by atomic mass is 19.4. The minimum Gasteiger partial charge on any atom is -0.457 e. The Morgan fingerprint density at radius 2 is 1.50 bits per heavy atom. The van der Waals surface area contributed by atoms with Crippen molar-refractivity contribution in [1.29, 1.82) is 0 Å². The molecule has 0 aliphatic rings.